The van der Waals surface area contributed by atoms with E-state index in [9.17, 15) is 13.2 Å². The molecule has 3 rings (SSSR count). The Hall–Kier alpha value is -1.77. The van der Waals surface area contributed by atoms with Crippen LogP contribution in [0.4, 0.5) is 13.2 Å². The van der Waals surface area contributed by atoms with Crippen molar-refractivity contribution in [1.82, 2.24) is 0 Å². The van der Waals surface area contributed by atoms with Crippen LogP contribution in [-0.2, 0) is 0 Å². The smallest absolute Gasteiger partial charge is 0.170 e. The van der Waals surface area contributed by atoms with E-state index in [1.54, 1.807) is 12.1 Å². The van der Waals surface area contributed by atoms with Crippen LogP contribution in [0.2, 0.25) is 0 Å². The van der Waals surface area contributed by atoms with Crippen molar-refractivity contribution in [2.24, 2.45) is 5.92 Å². The fourth-order valence-corrected chi connectivity index (χ4v) is 2.91. The standard InChI is InChI=1S/C17H15F3/c18-17(19,20)16-8-4-3-7-15(16)14-10-9-12-5-1-2-6-13(12)11-14/h1-2,5-7,9-11,16H,3-4,8H2/t16-/m1/s1. The number of alkyl halides is 3. The van der Waals surface area contributed by atoms with E-state index in [2.05, 4.69) is 0 Å². The van der Waals surface area contributed by atoms with Crippen molar-refractivity contribution in [3.8, 4) is 0 Å². The summed E-state index contributed by atoms with van der Waals surface area (Å²) in [6.45, 7) is 0. The molecule has 2 aromatic carbocycles. The first kappa shape index (κ1) is 13.2. The van der Waals surface area contributed by atoms with E-state index in [0.29, 0.717) is 17.6 Å². The molecule has 0 heterocycles. The number of hydrogen-bond donors (Lipinski definition) is 0. The summed E-state index contributed by atoms with van der Waals surface area (Å²) in [5.41, 5.74) is 1.14. The van der Waals surface area contributed by atoms with E-state index in [-0.39, 0.29) is 6.42 Å². The largest absolute Gasteiger partial charge is 0.395 e. The second kappa shape index (κ2) is 4.97. The number of benzene rings is 2. The molecule has 0 unspecified atom stereocenters. The molecule has 0 amide bonds. The minimum absolute atomic E-state index is 0.197. The maximum atomic E-state index is 13.2. The summed E-state index contributed by atoms with van der Waals surface area (Å²) in [5.74, 6) is -1.32. The van der Waals surface area contributed by atoms with Crippen LogP contribution in [-0.4, -0.2) is 6.18 Å². The maximum Gasteiger partial charge on any atom is 0.395 e. The first-order valence-electron chi connectivity index (χ1n) is 6.81. The molecule has 0 spiro atoms. The third kappa shape index (κ3) is 2.45. The molecule has 0 saturated heterocycles. The zero-order valence-corrected chi connectivity index (χ0v) is 11.0. The van der Waals surface area contributed by atoms with Crippen LogP contribution >= 0.6 is 0 Å². The van der Waals surface area contributed by atoms with Gasteiger partial charge in [-0.3, -0.25) is 0 Å². The summed E-state index contributed by atoms with van der Waals surface area (Å²) >= 11 is 0. The van der Waals surface area contributed by atoms with Gasteiger partial charge in [-0.25, -0.2) is 0 Å². The molecule has 0 aromatic heterocycles. The van der Waals surface area contributed by atoms with Gasteiger partial charge in [0.25, 0.3) is 0 Å². The molecule has 1 aliphatic rings. The number of hydrogen-bond acceptors (Lipinski definition) is 0. The molecular formula is C17H15F3. The Labute approximate surface area is 115 Å². The predicted molar refractivity (Wildman–Crippen MR) is 75.3 cm³/mol. The molecule has 0 nitrogen and oxygen atoms in total. The van der Waals surface area contributed by atoms with E-state index in [0.717, 1.165) is 17.2 Å². The fourth-order valence-electron chi connectivity index (χ4n) is 2.91. The van der Waals surface area contributed by atoms with E-state index >= 15 is 0 Å². The van der Waals surface area contributed by atoms with Crippen LogP contribution in [0.5, 0.6) is 0 Å². The minimum atomic E-state index is -4.15. The molecule has 3 heteroatoms. The van der Waals surface area contributed by atoms with Gasteiger partial charge >= 0.3 is 6.18 Å². The highest BCUT2D eigenvalue weighted by Gasteiger charge is 2.42. The van der Waals surface area contributed by atoms with Gasteiger partial charge in [0.2, 0.25) is 0 Å². The number of rotatable bonds is 1. The van der Waals surface area contributed by atoms with Crippen LogP contribution in [0.3, 0.4) is 0 Å². The normalized spacial score (nSPS) is 19.9. The number of allylic oxidation sites excluding steroid dienone is 2. The van der Waals surface area contributed by atoms with Gasteiger partial charge in [0.15, 0.2) is 0 Å². The van der Waals surface area contributed by atoms with E-state index in [4.69, 9.17) is 0 Å². The number of fused-ring (bicyclic) bond motifs is 1. The lowest BCUT2D eigenvalue weighted by Gasteiger charge is -2.27. The Morgan fingerprint density at radius 2 is 1.70 bits per heavy atom. The second-order valence-corrected chi connectivity index (χ2v) is 5.25. The molecule has 2 aromatic rings. The average Bonchev–Trinajstić information content (AvgIpc) is 2.46. The Morgan fingerprint density at radius 3 is 2.45 bits per heavy atom. The molecule has 0 radical (unpaired) electrons. The molecule has 0 aliphatic heterocycles. The highest BCUT2D eigenvalue weighted by atomic mass is 19.4. The second-order valence-electron chi connectivity index (χ2n) is 5.25. The number of halogens is 3. The minimum Gasteiger partial charge on any atom is -0.170 e. The van der Waals surface area contributed by atoms with Gasteiger partial charge < -0.3 is 0 Å². The average molecular weight is 276 g/mol. The monoisotopic (exact) mass is 276 g/mol. The molecule has 0 saturated carbocycles. The maximum absolute atomic E-state index is 13.2. The van der Waals surface area contributed by atoms with Gasteiger partial charge in [0, 0.05) is 0 Å². The van der Waals surface area contributed by atoms with Gasteiger partial charge in [0.1, 0.15) is 0 Å². The fraction of sp³-hybridized carbons (Fsp3) is 0.294. The Morgan fingerprint density at radius 1 is 0.950 bits per heavy atom. The molecule has 0 fully saturated rings. The first-order valence-corrected chi connectivity index (χ1v) is 6.81. The van der Waals surface area contributed by atoms with Gasteiger partial charge in [0.05, 0.1) is 5.92 Å². The zero-order valence-electron chi connectivity index (χ0n) is 11.0. The highest BCUT2D eigenvalue weighted by Crippen LogP contribution is 2.43. The molecule has 104 valence electrons. The third-order valence-corrected chi connectivity index (χ3v) is 3.91. The van der Waals surface area contributed by atoms with E-state index in [1.165, 1.54) is 0 Å². The van der Waals surface area contributed by atoms with Gasteiger partial charge in [-0.2, -0.15) is 13.2 Å². The lowest BCUT2D eigenvalue weighted by atomic mass is 9.83. The first-order chi connectivity index (χ1) is 9.55. The summed E-state index contributed by atoms with van der Waals surface area (Å²) in [4.78, 5) is 0. The Bertz CT molecular complexity index is 653. The summed E-state index contributed by atoms with van der Waals surface area (Å²) in [7, 11) is 0. The third-order valence-electron chi connectivity index (χ3n) is 3.91. The highest BCUT2D eigenvalue weighted by molar-refractivity contribution is 5.86. The molecular weight excluding hydrogens is 261 g/mol. The van der Waals surface area contributed by atoms with Crippen LogP contribution in [0.15, 0.2) is 48.5 Å². The Balaban J connectivity index is 2.06. The van der Waals surface area contributed by atoms with Crippen LogP contribution in [0.25, 0.3) is 16.3 Å². The molecule has 20 heavy (non-hydrogen) atoms. The predicted octanol–water partition coefficient (Wildman–Crippen LogP) is 5.59. The van der Waals surface area contributed by atoms with Crippen molar-refractivity contribution >= 4 is 16.3 Å². The van der Waals surface area contributed by atoms with Gasteiger partial charge in [-0.05, 0) is 47.2 Å². The lowest BCUT2D eigenvalue weighted by Crippen LogP contribution is -2.25. The van der Waals surface area contributed by atoms with Gasteiger partial charge in [-0.15, -0.1) is 0 Å². The summed E-state index contributed by atoms with van der Waals surface area (Å²) in [6.07, 6.45) is -0.859. The van der Waals surface area contributed by atoms with Crippen molar-refractivity contribution in [3.05, 3.63) is 54.1 Å². The topological polar surface area (TPSA) is 0 Å². The zero-order chi connectivity index (χ0) is 14.2. The lowest BCUT2D eigenvalue weighted by molar-refractivity contribution is -0.160. The van der Waals surface area contributed by atoms with Crippen LogP contribution in [0.1, 0.15) is 24.8 Å². The van der Waals surface area contributed by atoms with Gasteiger partial charge in [-0.1, -0.05) is 42.5 Å². The van der Waals surface area contributed by atoms with E-state index in [1.807, 2.05) is 36.4 Å². The quantitative estimate of drug-likeness (QED) is 0.637. The Kier molecular flexibility index (Phi) is 3.28. The van der Waals surface area contributed by atoms with Crippen molar-refractivity contribution in [2.75, 3.05) is 0 Å². The molecule has 1 atom stereocenters. The van der Waals surface area contributed by atoms with Crippen molar-refractivity contribution < 1.29 is 13.2 Å². The summed E-state index contributed by atoms with van der Waals surface area (Å²) < 4.78 is 39.5. The van der Waals surface area contributed by atoms with Crippen molar-refractivity contribution in [3.63, 3.8) is 0 Å². The van der Waals surface area contributed by atoms with Crippen molar-refractivity contribution in [1.29, 1.82) is 0 Å². The summed E-state index contributed by atoms with van der Waals surface area (Å²) in [6, 6.07) is 13.3. The molecule has 0 bridgehead atoms. The van der Waals surface area contributed by atoms with Crippen molar-refractivity contribution in [2.45, 2.75) is 25.4 Å². The van der Waals surface area contributed by atoms with Crippen LogP contribution in [0, 0.1) is 5.92 Å². The van der Waals surface area contributed by atoms with E-state index < -0.39 is 12.1 Å². The molecule has 0 N–H and O–H groups in total. The van der Waals surface area contributed by atoms with Crippen LogP contribution < -0.4 is 0 Å². The molecule has 1 aliphatic carbocycles. The SMILES string of the molecule is FC(F)(F)[C@@H]1CCCC=C1c1ccc2ccccc2c1. The summed E-state index contributed by atoms with van der Waals surface area (Å²) in [5, 5.41) is 2.04.